The highest BCUT2D eigenvalue weighted by molar-refractivity contribution is 9.10. The lowest BCUT2D eigenvalue weighted by molar-refractivity contribution is 0.00848. The van der Waals surface area contributed by atoms with Gasteiger partial charge in [-0.15, -0.1) is 0 Å². The molecule has 1 aliphatic heterocycles. The molecule has 2 heterocycles. The second kappa shape index (κ2) is 11.5. The average molecular weight is 540 g/mol. The molecule has 0 atom stereocenters. The van der Waals surface area contributed by atoms with Gasteiger partial charge in [-0.3, -0.25) is 0 Å². The number of hydrogen-bond acceptors (Lipinski definition) is 5. The highest BCUT2D eigenvalue weighted by atomic mass is 79.9. The molecule has 6 nitrogen and oxygen atoms in total. The van der Waals surface area contributed by atoms with Crippen LogP contribution in [0.15, 0.2) is 10.5 Å². The van der Waals surface area contributed by atoms with Gasteiger partial charge in [-0.05, 0) is 54.4 Å². The van der Waals surface area contributed by atoms with E-state index >= 15 is 0 Å². The van der Waals surface area contributed by atoms with Crippen molar-refractivity contribution in [1.29, 1.82) is 0 Å². The maximum atomic E-state index is 14.5. The molecule has 0 radical (unpaired) electrons. The molecular weight excluding hydrogens is 510 g/mol. The first kappa shape index (κ1) is 27.7. The number of ether oxygens (including phenoxy) is 1. The lowest BCUT2D eigenvalue weighted by Gasteiger charge is -2.44. The van der Waals surface area contributed by atoms with Crippen molar-refractivity contribution < 1.29 is 13.9 Å². The van der Waals surface area contributed by atoms with Gasteiger partial charge in [0.05, 0.1) is 15.5 Å². The van der Waals surface area contributed by atoms with E-state index in [1.54, 1.807) is 11.0 Å². The SMILES string of the molecule is CC.CC.CN(c1nc(Cl)nc2c(F)c(Br)c(Cl)cc12)C1CN(C(=O)OC(C)(C)C)C1. The van der Waals surface area contributed by atoms with Gasteiger partial charge >= 0.3 is 6.09 Å². The molecule has 174 valence electrons. The Balaban J connectivity index is 0.00000113. The first-order chi connectivity index (χ1) is 14.5. The summed E-state index contributed by atoms with van der Waals surface area (Å²) in [5.41, 5.74) is -0.469. The standard InChI is InChI=1S/C17H18BrCl2FN4O2.2C2H6/c1-17(2,3)27-16(26)25-6-8(7-25)24(4)14-9-5-10(19)11(18)12(21)13(9)22-15(20)23-14;2*1-2/h5,8H,6-7H2,1-4H3;2*1-2H3. The second-order valence-corrected chi connectivity index (χ2v) is 8.89. The Hall–Kier alpha value is -1.38. The average Bonchev–Trinajstić information content (AvgIpc) is 2.67. The monoisotopic (exact) mass is 538 g/mol. The van der Waals surface area contributed by atoms with Crippen molar-refractivity contribution >= 4 is 61.9 Å². The first-order valence-corrected chi connectivity index (χ1v) is 11.7. The van der Waals surface area contributed by atoms with Crippen molar-refractivity contribution in [3.05, 3.63) is 26.7 Å². The number of benzene rings is 1. The van der Waals surface area contributed by atoms with Gasteiger partial charge in [-0.1, -0.05) is 39.3 Å². The van der Waals surface area contributed by atoms with Gasteiger partial charge < -0.3 is 14.5 Å². The zero-order valence-electron chi connectivity index (χ0n) is 19.2. The quantitative estimate of drug-likeness (QED) is 0.305. The fourth-order valence-corrected chi connectivity index (χ4v) is 3.41. The summed E-state index contributed by atoms with van der Waals surface area (Å²) >= 11 is 15.2. The van der Waals surface area contributed by atoms with Gasteiger partial charge in [0.25, 0.3) is 0 Å². The summed E-state index contributed by atoms with van der Waals surface area (Å²) in [4.78, 5) is 23.8. The maximum Gasteiger partial charge on any atom is 0.410 e. The number of halogens is 4. The molecule has 31 heavy (non-hydrogen) atoms. The molecule has 1 aromatic heterocycles. The van der Waals surface area contributed by atoms with Crippen molar-refractivity contribution in [2.24, 2.45) is 0 Å². The molecule has 1 aliphatic rings. The van der Waals surface area contributed by atoms with Gasteiger partial charge in [0, 0.05) is 25.5 Å². The van der Waals surface area contributed by atoms with Crippen LogP contribution in [-0.4, -0.2) is 52.7 Å². The van der Waals surface area contributed by atoms with Crippen LogP contribution in [0.2, 0.25) is 10.3 Å². The van der Waals surface area contributed by atoms with Crippen LogP contribution in [0.3, 0.4) is 0 Å². The summed E-state index contributed by atoms with van der Waals surface area (Å²) in [7, 11) is 1.81. The molecule has 1 aromatic carbocycles. The summed E-state index contributed by atoms with van der Waals surface area (Å²) in [6.07, 6.45) is -0.365. The van der Waals surface area contributed by atoms with Crippen LogP contribution in [0.5, 0.6) is 0 Å². The summed E-state index contributed by atoms with van der Waals surface area (Å²) in [6, 6.07) is 1.58. The maximum absolute atomic E-state index is 14.5. The van der Waals surface area contributed by atoms with Crippen molar-refractivity contribution in [3.8, 4) is 0 Å². The number of nitrogens with zero attached hydrogens (tertiary/aromatic N) is 4. The second-order valence-electron chi connectivity index (χ2n) is 7.35. The number of likely N-dealkylation sites (tertiary alicyclic amines) is 1. The lowest BCUT2D eigenvalue weighted by Crippen LogP contribution is -2.61. The van der Waals surface area contributed by atoms with Crippen LogP contribution in [0, 0.1) is 5.82 Å². The normalized spacial score (nSPS) is 13.5. The number of likely N-dealkylation sites (N-methyl/N-ethyl adjacent to an activating group) is 1. The molecule has 0 spiro atoms. The Kier molecular flexibility index (Phi) is 10.2. The van der Waals surface area contributed by atoms with Gasteiger partial charge in [-0.2, -0.15) is 4.98 Å². The Morgan fingerprint density at radius 2 is 1.77 bits per heavy atom. The third-order valence-corrected chi connectivity index (χ3v) is 5.65. The molecule has 0 bridgehead atoms. The number of fused-ring (bicyclic) bond motifs is 1. The highest BCUT2D eigenvalue weighted by Gasteiger charge is 2.37. The number of rotatable bonds is 2. The van der Waals surface area contributed by atoms with Crippen LogP contribution >= 0.6 is 39.1 Å². The molecule has 2 aromatic rings. The predicted octanol–water partition coefficient (Wildman–Crippen LogP) is 6.95. The molecule has 0 aliphatic carbocycles. The summed E-state index contributed by atoms with van der Waals surface area (Å²) in [5.74, 6) is -0.146. The van der Waals surface area contributed by atoms with Gasteiger partial charge in [0.15, 0.2) is 5.82 Å². The molecule has 1 saturated heterocycles. The summed E-state index contributed by atoms with van der Waals surface area (Å²) in [5, 5.41) is 0.591. The first-order valence-electron chi connectivity index (χ1n) is 10.2. The van der Waals surface area contributed by atoms with Crippen LogP contribution in [0.4, 0.5) is 15.0 Å². The Morgan fingerprint density at radius 1 is 1.23 bits per heavy atom. The van der Waals surface area contributed by atoms with E-state index in [-0.39, 0.29) is 32.4 Å². The van der Waals surface area contributed by atoms with Crippen molar-refractivity contribution in [2.75, 3.05) is 25.0 Å². The third-order valence-electron chi connectivity index (χ3n) is 4.18. The van der Waals surface area contributed by atoms with Crippen LogP contribution in [0.1, 0.15) is 48.5 Å². The van der Waals surface area contributed by atoms with Gasteiger partial charge in [0.2, 0.25) is 5.28 Å². The Morgan fingerprint density at radius 3 is 2.29 bits per heavy atom. The fourth-order valence-electron chi connectivity index (χ4n) is 2.75. The number of amides is 1. The minimum Gasteiger partial charge on any atom is -0.444 e. The van der Waals surface area contributed by atoms with Gasteiger partial charge in [0.1, 0.15) is 16.9 Å². The Labute approximate surface area is 202 Å². The molecular formula is C21H30BrCl2FN4O2. The van der Waals surface area contributed by atoms with E-state index in [2.05, 4.69) is 25.9 Å². The summed E-state index contributed by atoms with van der Waals surface area (Å²) in [6.45, 7) is 14.4. The van der Waals surface area contributed by atoms with E-state index in [1.807, 2.05) is 60.4 Å². The van der Waals surface area contributed by atoms with E-state index in [0.29, 0.717) is 24.3 Å². The predicted molar refractivity (Wildman–Crippen MR) is 130 cm³/mol. The van der Waals surface area contributed by atoms with Crippen molar-refractivity contribution in [3.63, 3.8) is 0 Å². The van der Waals surface area contributed by atoms with Crippen molar-refractivity contribution in [2.45, 2.75) is 60.1 Å². The Bertz CT molecular complexity index is 919. The van der Waals surface area contributed by atoms with E-state index in [4.69, 9.17) is 27.9 Å². The molecule has 3 rings (SSSR count). The molecule has 10 heteroatoms. The van der Waals surface area contributed by atoms with E-state index < -0.39 is 11.4 Å². The largest absolute Gasteiger partial charge is 0.444 e. The van der Waals surface area contributed by atoms with E-state index in [0.717, 1.165) is 0 Å². The minimum absolute atomic E-state index is 0.0165. The summed E-state index contributed by atoms with van der Waals surface area (Å²) < 4.78 is 20.0. The minimum atomic E-state index is -0.597. The van der Waals surface area contributed by atoms with Gasteiger partial charge in [-0.25, -0.2) is 14.2 Å². The number of aromatic nitrogens is 2. The third kappa shape index (κ3) is 6.56. The molecule has 0 N–H and O–H groups in total. The molecule has 1 fully saturated rings. The zero-order chi connectivity index (χ0) is 24.1. The van der Waals surface area contributed by atoms with Crippen LogP contribution in [-0.2, 0) is 4.74 Å². The topological polar surface area (TPSA) is 58.6 Å². The van der Waals surface area contributed by atoms with Crippen LogP contribution < -0.4 is 4.90 Å². The molecule has 0 saturated carbocycles. The van der Waals surface area contributed by atoms with E-state index in [9.17, 15) is 9.18 Å². The van der Waals surface area contributed by atoms with Crippen molar-refractivity contribution in [1.82, 2.24) is 14.9 Å². The smallest absolute Gasteiger partial charge is 0.410 e. The van der Waals surface area contributed by atoms with E-state index in [1.165, 1.54) is 0 Å². The van der Waals surface area contributed by atoms with Crippen LogP contribution in [0.25, 0.3) is 10.9 Å². The lowest BCUT2D eigenvalue weighted by atomic mass is 10.1. The zero-order valence-corrected chi connectivity index (χ0v) is 22.3. The molecule has 0 unspecified atom stereocenters. The number of anilines is 1. The number of hydrogen-bond donors (Lipinski definition) is 0. The number of carbonyl (C=O) groups is 1. The number of carbonyl (C=O) groups excluding carboxylic acids is 1. The highest BCUT2D eigenvalue weighted by Crippen LogP contribution is 2.36. The molecule has 1 amide bonds. The fraction of sp³-hybridized carbons (Fsp3) is 0.571.